The lowest BCUT2D eigenvalue weighted by molar-refractivity contribution is -0.149. The van der Waals surface area contributed by atoms with Gasteiger partial charge in [0.05, 0.1) is 18.8 Å². The van der Waals surface area contributed by atoms with Crippen LogP contribution in [0.1, 0.15) is 38.4 Å². The highest BCUT2D eigenvalue weighted by atomic mass is 16.5. The second-order valence-electron chi connectivity index (χ2n) is 6.79. The summed E-state index contributed by atoms with van der Waals surface area (Å²) in [7, 11) is 0. The molecule has 0 spiro atoms. The van der Waals surface area contributed by atoms with Crippen LogP contribution in [0.15, 0.2) is 4.52 Å². The van der Waals surface area contributed by atoms with Gasteiger partial charge in [-0.3, -0.25) is 9.69 Å². The van der Waals surface area contributed by atoms with Crippen LogP contribution in [0.25, 0.3) is 0 Å². The SMILES string of the molecule is Cc1noc(CN2CCC(C(=O)N3CC(C)OC(C)C3)CC2)n1. The first-order chi connectivity index (χ1) is 11.0. The molecule has 2 fully saturated rings. The third-order valence-electron chi connectivity index (χ3n) is 4.60. The summed E-state index contributed by atoms with van der Waals surface area (Å²) in [6, 6.07) is 0. The van der Waals surface area contributed by atoms with Gasteiger partial charge in [-0.2, -0.15) is 4.98 Å². The van der Waals surface area contributed by atoms with Crippen molar-refractivity contribution < 1.29 is 14.1 Å². The predicted molar refractivity (Wildman–Crippen MR) is 83.6 cm³/mol. The number of nitrogens with zero attached hydrogens (tertiary/aromatic N) is 4. The number of piperidine rings is 1. The minimum absolute atomic E-state index is 0.128. The van der Waals surface area contributed by atoms with Gasteiger partial charge in [0.1, 0.15) is 0 Å². The standard InChI is InChI=1S/C16H26N4O3/c1-11-8-20(9-12(2)22-11)16(21)14-4-6-19(7-5-14)10-15-17-13(3)18-23-15/h11-12,14H,4-10H2,1-3H3. The van der Waals surface area contributed by atoms with E-state index >= 15 is 0 Å². The lowest BCUT2D eigenvalue weighted by Gasteiger charge is -2.39. The second-order valence-corrected chi connectivity index (χ2v) is 6.79. The molecular weight excluding hydrogens is 296 g/mol. The summed E-state index contributed by atoms with van der Waals surface area (Å²) in [6.07, 6.45) is 2.05. The Morgan fingerprint density at radius 2 is 1.87 bits per heavy atom. The average Bonchev–Trinajstić information content (AvgIpc) is 2.91. The molecule has 1 aromatic rings. The van der Waals surface area contributed by atoms with E-state index in [0.29, 0.717) is 37.3 Å². The number of hydrogen-bond acceptors (Lipinski definition) is 6. The minimum atomic E-state index is 0.128. The van der Waals surface area contributed by atoms with E-state index in [2.05, 4.69) is 15.0 Å². The lowest BCUT2D eigenvalue weighted by Crippen LogP contribution is -2.51. The van der Waals surface area contributed by atoms with Crippen molar-refractivity contribution in [3.8, 4) is 0 Å². The Morgan fingerprint density at radius 1 is 1.22 bits per heavy atom. The van der Waals surface area contributed by atoms with Crippen LogP contribution < -0.4 is 0 Å². The first kappa shape index (κ1) is 16.4. The fraction of sp³-hybridized carbons (Fsp3) is 0.812. The first-order valence-electron chi connectivity index (χ1n) is 8.47. The summed E-state index contributed by atoms with van der Waals surface area (Å²) in [5, 5.41) is 3.82. The topological polar surface area (TPSA) is 71.7 Å². The smallest absolute Gasteiger partial charge is 0.240 e. The Balaban J connectivity index is 1.49. The zero-order chi connectivity index (χ0) is 16.4. The fourth-order valence-corrected chi connectivity index (χ4v) is 3.55. The van der Waals surface area contributed by atoms with Gasteiger partial charge in [-0.15, -0.1) is 0 Å². The second kappa shape index (κ2) is 6.97. The Bertz CT molecular complexity index is 529. The van der Waals surface area contributed by atoms with Gasteiger partial charge in [0, 0.05) is 19.0 Å². The molecule has 1 amide bonds. The maximum absolute atomic E-state index is 12.7. The number of ether oxygens (including phenoxy) is 1. The van der Waals surface area contributed by atoms with Gasteiger partial charge < -0.3 is 14.2 Å². The molecule has 7 nitrogen and oxygen atoms in total. The number of rotatable bonds is 3. The third-order valence-corrected chi connectivity index (χ3v) is 4.60. The predicted octanol–water partition coefficient (Wildman–Crippen LogP) is 1.23. The van der Waals surface area contributed by atoms with Gasteiger partial charge in [0.2, 0.25) is 11.8 Å². The quantitative estimate of drug-likeness (QED) is 0.833. The van der Waals surface area contributed by atoms with Gasteiger partial charge in [-0.05, 0) is 46.7 Å². The Labute approximate surface area is 137 Å². The molecule has 0 radical (unpaired) electrons. The van der Waals surface area contributed by atoms with E-state index in [1.165, 1.54) is 0 Å². The largest absolute Gasteiger partial charge is 0.372 e. The third kappa shape index (κ3) is 4.09. The molecule has 0 aliphatic carbocycles. The molecular formula is C16H26N4O3. The van der Waals surface area contributed by atoms with Crippen LogP contribution in [0.2, 0.25) is 0 Å². The summed E-state index contributed by atoms with van der Waals surface area (Å²) in [6.45, 7) is 9.78. The van der Waals surface area contributed by atoms with Crippen LogP contribution in [0.5, 0.6) is 0 Å². The van der Waals surface area contributed by atoms with E-state index in [9.17, 15) is 4.79 Å². The summed E-state index contributed by atoms with van der Waals surface area (Å²) in [5.41, 5.74) is 0. The number of aryl methyl sites for hydroxylation is 1. The monoisotopic (exact) mass is 322 g/mol. The number of aromatic nitrogens is 2. The van der Waals surface area contributed by atoms with Crippen molar-refractivity contribution in [3.05, 3.63) is 11.7 Å². The van der Waals surface area contributed by atoms with Crippen molar-refractivity contribution in [2.75, 3.05) is 26.2 Å². The minimum Gasteiger partial charge on any atom is -0.372 e. The molecule has 2 saturated heterocycles. The van der Waals surface area contributed by atoms with Gasteiger partial charge in [-0.25, -0.2) is 0 Å². The van der Waals surface area contributed by atoms with Crippen molar-refractivity contribution in [2.24, 2.45) is 5.92 Å². The van der Waals surface area contributed by atoms with E-state index in [1.54, 1.807) is 0 Å². The van der Waals surface area contributed by atoms with E-state index in [4.69, 9.17) is 9.26 Å². The average molecular weight is 322 g/mol. The highest BCUT2D eigenvalue weighted by molar-refractivity contribution is 5.79. The number of carbonyl (C=O) groups excluding carboxylic acids is 1. The molecule has 23 heavy (non-hydrogen) atoms. The van der Waals surface area contributed by atoms with Crippen LogP contribution in [0.3, 0.4) is 0 Å². The Hall–Kier alpha value is -1.47. The molecule has 0 aromatic carbocycles. The van der Waals surface area contributed by atoms with Crippen LogP contribution in [-0.2, 0) is 16.1 Å². The molecule has 7 heteroatoms. The van der Waals surface area contributed by atoms with Crippen molar-refractivity contribution >= 4 is 5.91 Å². The number of hydrogen-bond donors (Lipinski definition) is 0. The Morgan fingerprint density at radius 3 is 2.43 bits per heavy atom. The van der Waals surface area contributed by atoms with Crippen molar-refractivity contribution in [2.45, 2.75) is 52.4 Å². The Kier molecular flexibility index (Phi) is 4.96. The van der Waals surface area contributed by atoms with E-state index in [-0.39, 0.29) is 18.1 Å². The maximum Gasteiger partial charge on any atom is 0.240 e. The summed E-state index contributed by atoms with van der Waals surface area (Å²) >= 11 is 0. The molecule has 2 atom stereocenters. The molecule has 0 saturated carbocycles. The molecule has 0 N–H and O–H groups in total. The number of morpholine rings is 1. The fourth-order valence-electron chi connectivity index (χ4n) is 3.55. The summed E-state index contributed by atoms with van der Waals surface area (Å²) < 4.78 is 10.9. The van der Waals surface area contributed by atoms with Gasteiger partial charge in [0.15, 0.2) is 5.82 Å². The summed E-state index contributed by atoms with van der Waals surface area (Å²) in [4.78, 5) is 21.2. The molecule has 2 aliphatic rings. The van der Waals surface area contributed by atoms with Crippen molar-refractivity contribution in [1.29, 1.82) is 0 Å². The zero-order valence-corrected chi connectivity index (χ0v) is 14.2. The van der Waals surface area contributed by atoms with Crippen LogP contribution >= 0.6 is 0 Å². The maximum atomic E-state index is 12.7. The molecule has 2 aliphatic heterocycles. The van der Waals surface area contributed by atoms with Gasteiger partial charge >= 0.3 is 0 Å². The van der Waals surface area contributed by atoms with Gasteiger partial charge in [-0.1, -0.05) is 5.16 Å². The van der Waals surface area contributed by atoms with Crippen LogP contribution in [0, 0.1) is 12.8 Å². The van der Waals surface area contributed by atoms with Crippen LogP contribution in [-0.4, -0.2) is 64.2 Å². The van der Waals surface area contributed by atoms with E-state index in [1.807, 2.05) is 25.7 Å². The lowest BCUT2D eigenvalue weighted by atomic mass is 9.94. The molecule has 128 valence electrons. The highest BCUT2D eigenvalue weighted by Gasteiger charge is 2.32. The molecule has 2 unspecified atom stereocenters. The summed E-state index contributed by atoms with van der Waals surface area (Å²) in [5.74, 6) is 1.75. The van der Waals surface area contributed by atoms with E-state index in [0.717, 1.165) is 25.9 Å². The molecule has 3 rings (SSSR count). The van der Waals surface area contributed by atoms with Crippen LogP contribution in [0.4, 0.5) is 0 Å². The zero-order valence-electron chi connectivity index (χ0n) is 14.2. The molecule has 1 aromatic heterocycles. The molecule has 3 heterocycles. The van der Waals surface area contributed by atoms with Crippen molar-refractivity contribution in [1.82, 2.24) is 19.9 Å². The number of amides is 1. The van der Waals surface area contributed by atoms with Gasteiger partial charge in [0.25, 0.3) is 0 Å². The van der Waals surface area contributed by atoms with Crippen molar-refractivity contribution in [3.63, 3.8) is 0 Å². The normalized spacial score (nSPS) is 27.3. The molecule has 0 bridgehead atoms. The first-order valence-corrected chi connectivity index (χ1v) is 8.47. The number of carbonyl (C=O) groups is 1. The number of likely N-dealkylation sites (tertiary alicyclic amines) is 1. The van der Waals surface area contributed by atoms with E-state index < -0.39 is 0 Å². The highest BCUT2D eigenvalue weighted by Crippen LogP contribution is 2.23.